The first-order valence-corrected chi connectivity index (χ1v) is 8.89. The fourth-order valence-corrected chi connectivity index (χ4v) is 3.41. The van der Waals surface area contributed by atoms with Crippen molar-refractivity contribution in [2.75, 3.05) is 6.61 Å². The van der Waals surface area contributed by atoms with E-state index in [0.29, 0.717) is 6.04 Å². The first kappa shape index (κ1) is 14.8. The molecule has 0 radical (unpaired) electrons. The number of rotatable bonds is 6. The first-order valence-electron chi connectivity index (χ1n) is 8.89. The lowest BCUT2D eigenvalue weighted by molar-refractivity contribution is 0.295. The summed E-state index contributed by atoms with van der Waals surface area (Å²) in [6.07, 6.45) is 6.22. The van der Waals surface area contributed by atoms with E-state index in [0.717, 1.165) is 31.2 Å². The number of ether oxygens (including phenoxy) is 1. The van der Waals surface area contributed by atoms with E-state index in [1.54, 1.807) is 0 Å². The van der Waals surface area contributed by atoms with Crippen LogP contribution in [-0.2, 0) is 19.4 Å². The zero-order valence-electron chi connectivity index (χ0n) is 13.6. The molecule has 2 heteroatoms. The van der Waals surface area contributed by atoms with Crippen molar-refractivity contribution in [1.29, 1.82) is 0 Å². The van der Waals surface area contributed by atoms with E-state index in [1.807, 2.05) is 0 Å². The molecule has 120 valence electrons. The Hall–Kier alpha value is -1.80. The van der Waals surface area contributed by atoms with Crippen molar-refractivity contribution in [1.82, 2.24) is 5.32 Å². The molecule has 0 bridgehead atoms. The van der Waals surface area contributed by atoms with E-state index in [2.05, 4.69) is 53.8 Å². The second-order valence-corrected chi connectivity index (χ2v) is 6.95. The van der Waals surface area contributed by atoms with Gasteiger partial charge in [0.1, 0.15) is 5.75 Å². The standard InChI is InChI=1S/C21H25NO/c1-2-6-18-13-20(12-11-17(18)5-1)22-14-19-7-3-4-8-21(19)23-15-16-9-10-16/h1-8,16,20,22H,9-15H2/t20-/m1/s1. The van der Waals surface area contributed by atoms with Crippen molar-refractivity contribution in [3.05, 3.63) is 65.2 Å². The van der Waals surface area contributed by atoms with Crippen LogP contribution in [0.2, 0.25) is 0 Å². The van der Waals surface area contributed by atoms with Crippen LogP contribution in [-0.4, -0.2) is 12.6 Å². The Kier molecular flexibility index (Phi) is 4.34. The summed E-state index contributed by atoms with van der Waals surface area (Å²) in [5.74, 6) is 1.86. The quantitative estimate of drug-likeness (QED) is 0.866. The fraction of sp³-hybridized carbons (Fsp3) is 0.429. The highest BCUT2D eigenvalue weighted by Gasteiger charge is 2.22. The second-order valence-electron chi connectivity index (χ2n) is 6.95. The van der Waals surface area contributed by atoms with Gasteiger partial charge in [0.15, 0.2) is 0 Å². The van der Waals surface area contributed by atoms with Gasteiger partial charge in [0.2, 0.25) is 0 Å². The molecule has 2 aromatic rings. The molecule has 0 aliphatic heterocycles. The lowest BCUT2D eigenvalue weighted by Gasteiger charge is -2.26. The summed E-state index contributed by atoms with van der Waals surface area (Å²) in [6, 6.07) is 17.9. The molecule has 2 nitrogen and oxygen atoms in total. The van der Waals surface area contributed by atoms with Crippen molar-refractivity contribution in [3.8, 4) is 5.75 Å². The van der Waals surface area contributed by atoms with E-state index in [9.17, 15) is 0 Å². The van der Waals surface area contributed by atoms with Crippen molar-refractivity contribution in [2.24, 2.45) is 5.92 Å². The molecule has 1 N–H and O–H groups in total. The molecule has 2 aliphatic rings. The highest BCUT2D eigenvalue weighted by Crippen LogP contribution is 2.30. The molecule has 0 saturated heterocycles. The van der Waals surface area contributed by atoms with Crippen LogP contribution in [0.5, 0.6) is 5.75 Å². The molecule has 1 atom stereocenters. The Labute approximate surface area is 138 Å². The molecule has 0 unspecified atom stereocenters. The van der Waals surface area contributed by atoms with E-state index in [-0.39, 0.29) is 0 Å². The van der Waals surface area contributed by atoms with Gasteiger partial charge in [0.25, 0.3) is 0 Å². The highest BCUT2D eigenvalue weighted by atomic mass is 16.5. The third-order valence-corrected chi connectivity index (χ3v) is 5.07. The number of benzene rings is 2. The lowest BCUT2D eigenvalue weighted by atomic mass is 9.88. The normalized spacial score (nSPS) is 20.1. The third kappa shape index (κ3) is 3.76. The minimum atomic E-state index is 0.571. The SMILES string of the molecule is c1ccc2c(c1)CC[C@@H](NCc1ccccc1OCC1CC1)C2. The van der Waals surface area contributed by atoms with Crippen LogP contribution in [0.3, 0.4) is 0 Å². The molecule has 0 aromatic heterocycles. The maximum atomic E-state index is 6.02. The number of nitrogens with one attached hydrogen (secondary N) is 1. The van der Waals surface area contributed by atoms with Gasteiger partial charge in [0, 0.05) is 18.2 Å². The topological polar surface area (TPSA) is 21.3 Å². The molecule has 0 amide bonds. The van der Waals surface area contributed by atoms with E-state index in [4.69, 9.17) is 4.74 Å². The second kappa shape index (κ2) is 6.76. The van der Waals surface area contributed by atoms with Crippen LogP contribution in [0.25, 0.3) is 0 Å². The minimum absolute atomic E-state index is 0.571. The number of hydrogen-bond acceptors (Lipinski definition) is 2. The Bertz CT molecular complexity index is 662. The Balaban J connectivity index is 1.36. The molecule has 4 rings (SSSR count). The first-order chi connectivity index (χ1) is 11.4. The van der Waals surface area contributed by atoms with Gasteiger partial charge in [-0.25, -0.2) is 0 Å². The van der Waals surface area contributed by atoms with Crippen LogP contribution in [0.4, 0.5) is 0 Å². The maximum absolute atomic E-state index is 6.02. The van der Waals surface area contributed by atoms with Gasteiger partial charge in [-0.3, -0.25) is 0 Å². The predicted molar refractivity (Wildman–Crippen MR) is 93.8 cm³/mol. The largest absolute Gasteiger partial charge is 0.493 e. The maximum Gasteiger partial charge on any atom is 0.123 e. The third-order valence-electron chi connectivity index (χ3n) is 5.07. The summed E-state index contributed by atoms with van der Waals surface area (Å²) < 4.78 is 6.02. The average Bonchev–Trinajstić information content (AvgIpc) is 3.43. The number of aryl methyl sites for hydroxylation is 1. The Morgan fingerprint density at radius 1 is 0.913 bits per heavy atom. The van der Waals surface area contributed by atoms with Crippen molar-refractivity contribution in [3.63, 3.8) is 0 Å². The number of para-hydroxylation sites is 1. The number of hydrogen-bond donors (Lipinski definition) is 1. The molecular formula is C21H25NO. The summed E-state index contributed by atoms with van der Waals surface area (Å²) in [5, 5.41) is 3.74. The number of fused-ring (bicyclic) bond motifs is 1. The fourth-order valence-electron chi connectivity index (χ4n) is 3.41. The summed E-state index contributed by atoms with van der Waals surface area (Å²) >= 11 is 0. The van der Waals surface area contributed by atoms with Crippen LogP contribution in [0, 0.1) is 5.92 Å². The van der Waals surface area contributed by atoms with Gasteiger partial charge in [0.05, 0.1) is 6.61 Å². The lowest BCUT2D eigenvalue weighted by Crippen LogP contribution is -2.34. The molecule has 23 heavy (non-hydrogen) atoms. The molecule has 0 spiro atoms. The monoisotopic (exact) mass is 307 g/mol. The average molecular weight is 307 g/mol. The van der Waals surface area contributed by atoms with Crippen molar-refractivity contribution in [2.45, 2.75) is 44.7 Å². The van der Waals surface area contributed by atoms with E-state index >= 15 is 0 Å². The predicted octanol–water partition coefficient (Wildman–Crippen LogP) is 4.12. The molecule has 2 aromatic carbocycles. The summed E-state index contributed by atoms with van der Waals surface area (Å²) in [7, 11) is 0. The Morgan fingerprint density at radius 3 is 2.57 bits per heavy atom. The molecule has 1 fully saturated rings. The van der Waals surface area contributed by atoms with E-state index < -0.39 is 0 Å². The smallest absolute Gasteiger partial charge is 0.123 e. The van der Waals surface area contributed by atoms with Gasteiger partial charge in [-0.15, -0.1) is 0 Å². The summed E-state index contributed by atoms with van der Waals surface area (Å²) in [5.41, 5.74) is 4.32. The zero-order chi connectivity index (χ0) is 15.5. The van der Waals surface area contributed by atoms with Crippen LogP contribution in [0.1, 0.15) is 36.0 Å². The van der Waals surface area contributed by atoms with Gasteiger partial charge >= 0.3 is 0 Å². The van der Waals surface area contributed by atoms with Gasteiger partial charge in [-0.1, -0.05) is 42.5 Å². The van der Waals surface area contributed by atoms with E-state index in [1.165, 1.54) is 42.4 Å². The van der Waals surface area contributed by atoms with Crippen LogP contribution in [0.15, 0.2) is 48.5 Å². The highest BCUT2D eigenvalue weighted by molar-refractivity contribution is 5.34. The summed E-state index contributed by atoms with van der Waals surface area (Å²) in [4.78, 5) is 0. The van der Waals surface area contributed by atoms with Crippen molar-refractivity contribution < 1.29 is 4.74 Å². The van der Waals surface area contributed by atoms with Gasteiger partial charge in [-0.05, 0) is 55.2 Å². The minimum Gasteiger partial charge on any atom is -0.493 e. The van der Waals surface area contributed by atoms with Gasteiger partial charge < -0.3 is 10.1 Å². The summed E-state index contributed by atoms with van der Waals surface area (Å²) in [6.45, 7) is 1.78. The molecular weight excluding hydrogens is 282 g/mol. The van der Waals surface area contributed by atoms with Gasteiger partial charge in [-0.2, -0.15) is 0 Å². The van der Waals surface area contributed by atoms with Crippen molar-refractivity contribution >= 4 is 0 Å². The van der Waals surface area contributed by atoms with Crippen LogP contribution < -0.4 is 10.1 Å². The Morgan fingerprint density at radius 2 is 1.70 bits per heavy atom. The molecule has 1 saturated carbocycles. The molecule has 0 heterocycles. The molecule has 2 aliphatic carbocycles. The zero-order valence-corrected chi connectivity index (χ0v) is 13.6. The van der Waals surface area contributed by atoms with Crippen LogP contribution >= 0.6 is 0 Å².